The number of aryl methyl sites for hydroxylation is 1. The molecule has 0 spiro atoms. The molecule has 0 aliphatic heterocycles. The second kappa shape index (κ2) is 5.84. The van der Waals surface area contributed by atoms with Crippen molar-refractivity contribution in [3.8, 4) is 0 Å². The van der Waals surface area contributed by atoms with Crippen LogP contribution in [-0.2, 0) is 6.54 Å². The highest BCUT2D eigenvalue weighted by Crippen LogP contribution is 2.16. The Morgan fingerprint density at radius 3 is 2.58 bits per heavy atom. The average Bonchev–Trinajstić information content (AvgIpc) is 2.84. The summed E-state index contributed by atoms with van der Waals surface area (Å²) in [4.78, 5) is 19.0. The lowest BCUT2D eigenvalue weighted by Crippen LogP contribution is -2.29. The van der Waals surface area contributed by atoms with E-state index in [1.54, 1.807) is 11.1 Å². The third-order valence-electron chi connectivity index (χ3n) is 2.85. The number of carbonyl (C=O) groups excluding carboxylic acids is 1. The van der Waals surface area contributed by atoms with E-state index in [1.165, 1.54) is 11.3 Å². The first-order valence-electron chi connectivity index (χ1n) is 6.16. The molecule has 5 heteroatoms. The Hall–Kier alpha value is -1.88. The molecular weight excluding hydrogens is 258 g/mol. The third kappa shape index (κ3) is 3.32. The van der Waals surface area contributed by atoms with Gasteiger partial charge in [0.1, 0.15) is 4.88 Å². The van der Waals surface area contributed by atoms with Gasteiger partial charge in [-0.15, -0.1) is 11.3 Å². The molecule has 19 heavy (non-hydrogen) atoms. The summed E-state index contributed by atoms with van der Waals surface area (Å²) in [5.41, 5.74) is 7.46. The fourth-order valence-corrected chi connectivity index (χ4v) is 2.53. The molecule has 100 valence electrons. The van der Waals surface area contributed by atoms with E-state index in [9.17, 15) is 4.79 Å². The number of hydrogen-bond donors (Lipinski definition) is 1. The number of aromatic nitrogens is 1. The summed E-state index contributed by atoms with van der Waals surface area (Å²) >= 11 is 1.43. The SMILES string of the molecule is CCN(Cc1ccc(N)cc1)C(=O)c1cnc(C)s1. The van der Waals surface area contributed by atoms with Crippen molar-refractivity contribution >= 4 is 22.9 Å². The monoisotopic (exact) mass is 275 g/mol. The molecule has 2 N–H and O–H groups in total. The molecule has 0 bridgehead atoms. The van der Waals surface area contributed by atoms with Gasteiger partial charge in [-0.3, -0.25) is 4.79 Å². The Labute approximate surface area is 116 Å². The summed E-state index contributed by atoms with van der Waals surface area (Å²) in [6.07, 6.45) is 1.65. The van der Waals surface area contributed by atoms with E-state index in [4.69, 9.17) is 5.73 Å². The van der Waals surface area contributed by atoms with Crippen LogP contribution in [0.25, 0.3) is 0 Å². The molecule has 0 radical (unpaired) electrons. The topological polar surface area (TPSA) is 59.2 Å². The Kier molecular flexibility index (Phi) is 4.16. The molecule has 2 rings (SSSR count). The van der Waals surface area contributed by atoms with Crippen molar-refractivity contribution in [1.29, 1.82) is 0 Å². The van der Waals surface area contributed by atoms with Crippen LogP contribution in [0.1, 0.15) is 27.2 Å². The van der Waals surface area contributed by atoms with Crippen molar-refractivity contribution in [3.63, 3.8) is 0 Å². The molecule has 4 nitrogen and oxygen atoms in total. The van der Waals surface area contributed by atoms with Crippen molar-refractivity contribution < 1.29 is 4.79 Å². The van der Waals surface area contributed by atoms with Gasteiger partial charge in [-0.25, -0.2) is 4.98 Å². The van der Waals surface area contributed by atoms with E-state index >= 15 is 0 Å². The van der Waals surface area contributed by atoms with Crippen molar-refractivity contribution in [3.05, 3.63) is 45.9 Å². The summed E-state index contributed by atoms with van der Waals surface area (Å²) in [6, 6.07) is 7.60. The molecule has 2 aromatic rings. The van der Waals surface area contributed by atoms with Crippen LogP contribution in [0, 0.1) is 6.92 Å². The van der Waals surface area contributed by atoms with Gasteiger partial charge in [-0.2, -0.15) is 0 Å². The predicted octanol–water partition coefficient (Wildman–Crippen LogP) is 2.70. The average molecular weight is 275 g/mol. The van der Waals surface area contributed by atoms with E-state index in [0.29, 0.717) is 18.0 Å². The van der Waals surface area contributed by atoms with E-state index in [1.807, 2.05) is 38.1 Å². The van der Waals surface area contributed by atoms with Crippen molar-refractivity contribution in [1.82, 2.24) is 9.88 Å². The van der Waals surface area contributed by atoms with Gasteiger partial charge in [0.15, 0.2) is 0 Å². The Morgan fingerprint density at radius 1 is 1.37 bits per heavy atom. The zero-order chi connectivity index (χ0) is 13.8. The van der Waals surface area contributed by atoms with Crippen LogP contribution in [0.4, 0.5) is 5.69 Å². The summed E-state index contributed by atoms with van der Waals surface area (Å²) < 4.78 is 0. The second-order valence-corrected chi connectivity index (χ2v) is 5.54. The lowest BCUT2D eigenvalue weighted by molar-refractivity contribution is 0.0757. The number of carbonyl (C=O) groups is 1. The minimum atomic E-state index is 0.0323. The minimum Gasteiger partial charge on any atom is -0.399 e. The maximum Gasteiger partial charge on any atom is 0.265 e. The molecule has 0 fully saturated rings. The minimum absolute atomic E-state index is 0.0323. The Bertz CT molecular complexity index is 562. The molecule has 0 aliphatic carbocycles. The Balaban J connectivity index is 2.11. The summed E-state index contributed by atoms with van der Waals surface area (Å²) in [7, 11) is 0. The highest BCUT2D eigenvalue weighted by Gasteiger charge is 2.16. The van der Waals surface area contributed by atoms with Crippen molar-refractivity contribution in [2.45, 2.75) is 20.4 Å². The van der Waals surface area contributed by atoms with Crippen molar-refractivity contribution in [2.24, 2.45) is 0 Å². The van der Waals surface area contributed by atoms with Crippen LogP contribution in [-0.4, -0.2) is 22.3 Å². The number of nitrogens with zero attached hydrogens (tertiary/aromatic N) is 2. The molecule has 0 aliphatic rings. The van der Waals surface area contributed by atoms with Crippen LogP contribution in [0.2, 0.25) is 0 Å². The van der Waals surface area contributed by atoms with Crippen LogP contribution < -0.4 is 5.73 Å². The lowest BCUT2D eigenvalue weighted by Gasteiger charge is -2.20. The van der Waals surface area contributed by atoms with Gasteiger partial charge in [-0.05, 0) is 31.5 Å². The van der Waals surface area contributed by atoms with E-state index in [-0.39, 0.29) is 5.91 Å². The van der Waals surface area contributed by atoms with E-state index < -0.39 is 0 Å². The Morgan fingerprint density at radius 2 is 2.05 bits per heavy atom. The molecule has 0 saturated carbocycles. The second-order valence-electron chi connectivity index (χ2n) is 4.30. The summed E-state index contributed by atoms with van der Waals surface area (Å²) in [6.45, 7) is 5.13. The lowest BCUT2D eigenvalue weighted by atomic mass is 10.2. The summed E-state index contributed by atoms with van der Waals surface area (Å²) in [5.74, 6) is 0.0323. The number of anilines is 1. The number of benzene rings is 1. The quantitative estimate of drug-likeness (QED) is 0.873. The zero-order valence-electron chi connectivity index (χ0n) is 11.1. The molecule has 0 atom stereocenters. The van der Waals surface area contributed by atoms with Gasteiger partial charge < -0.3 is 10.6 Å². The van der Waals surface area contributed by atoms with Gasteiger partial charge in [0.25, 0.3) is 5.91 Å². The van der Waals surface area contributed by atoms with E-state index in [0.717, 1.165) is 16.3 Å². The number of thiazole rings is 1. The fourth-order valence-electron chi connectivity index (χ4n) is 1.79. The highest BCUT2D eigenvalue weighted by molar-refractivity contribution is 7.13. The molecule has 1 heterocycles. The van der Waals surface area contributed by atoms with Gasteiger partial charge in [0.2, 0.25) is 0 Å². The highest BCUT2D eigenvalue weighted by atomic mass is 32.1. The van der Waals surface area contributed by atoms with Crippen LogP contribution in [0.3, 0.4) is 0 Å². The van der Waals surface area contributed by atoms with Gasteiger partial charge in [0.05, 0.1) is 11.2 Å². The van der Waals surface area contributed by atoms with Gasteiger partial charge in [-0.1, -0.05) is 12.1 Å². The molecular formula is C14H17N3OS. The van der Waals surface area contributed by atoms with Gasteiger partial charge in [0, 0.05) is 18.8 Å². The van der Waals surface area contributed by atoms with Crippen LogP contribution >= 0.6 is 11.3 Å². The largest absolute Gasteiger partial charge is 0.399 e. The van der Waals surface area contributed by atoms with E-state index in [2.05, 4.69) is 4.98 Å². The number of hydrogen-bond acceptors (Lipinski definition) is 4. The maximum absolute atomic E-state index is 12.3. The van der Waals surface area contributed by atoms with Crippen LogP contribution in [0.15, 0.2) is 30.5 Å². The fraction of sp³-hybridized carbons (Fsp3) is 0.286. The predicted molar refractivity (Wildman–Crippen MR) is 78.1 cm³/mol. The number of rotatable bonds is 4. The molecule has 1 amide bonds. The summed E-state index contributed by atoms with van der Waals surface area (Å²) in [5, 5.41) is 0.909. The normalized spacial score (nSPS) is 10.4. The number of amides is 1. The number of nitrogen functional groups attached to an aromatic ring is 1. The van der Waals surface area contributed by atoms with Crippen LogP contribution in [0.5, 0.6) is 0 Å². The smallest absolute Gasteiger partial charge is 0.265 e. The molecule has 1 aromatic carbocycles. The molecule has 0 saturated heterocycles. The zero-order valence-corrected chi connectivity index (χ0v) is 11.9. The maximum atomic E-state index is 12.3. The first kappa shape index (κ1) is 13.5. The first-order chi connectivity index (χ1) is 9.10. The molecule has 0 unspecified atom stereocenters. The number of nitrogens with two attached hydrogens (primary N) is 1. The molecule has 1 aromatic heterocycles. The first-order valence-corrected chi connectivity index (χ1v) is 6.98. The standard InChI is InChI=1S/C14H17N3OS/c1-3-17(9-11-4-6-12(15)7-5-11)14(18)13-8-16-10(2)19-13/h4-8H,3,9,15H2,1-2H3. The third-order valence-corrected chi connectivity index (χ3v) is 3.75. The van der Waals surface area contributed by atoms with Gasteiger partial charge >= 0.3 is 0 Å². The van der Waals surface area contributed by atoms with Crippen molar-refractivity contribution in [2.75, 3.05) is 12.3 Å².